The van der Waals surface area contributed by atoms with Crippen molar-refractivity contribution in [1.29, 1.82) is 0 Å². The molecule has 3 rings (SSSR count). The SMILES string of the molecule is CC(CO)C1Cc2ccccc2N1C1CCCCC1. The lowest BCUT2D eigenvalue weighted by Crippen LogP contribution is -2.46. The number of hydrogen-bond donors (Lipinski definition) is 1. The lowest BCUT2D eigenvalue weighted by atomic mass is 9.91. The first-order valence-electron chi connectivity index (χ1n) is 7.78. The molecule has 2 heteroatoms. The van der Waals surface area contributed by atoms with Gasteiger partial charge in [-0.1, -0.05) is 44.4 Å². The van der Waals surface area contributed by atoms with Crippen LogP contribution in [-0.2, 0) is 6.42 Å². The van der Waals surface area contributed by atoms with Gasteiger partial charge in [-0.15, -0.1) is 0 Å². The molecule has 0 bridgehead atoms. The van der Waals surface area contributed by atoms with Crippen molar-refractivity contribution in [2.75, 3.05) is 11.5 Å². The Kier molecular flexibility index (Phi) is 3.79. The molecule has 0 amide bonds. The highest BCUT2D eigenvalue weighted by Crippen LogP contribution is 2.39. The molecule has 1 aromatic carbocycles. The van der Waals surface area contributed by atoms with Gasteiger partial charge in [-0.25, -0.2) is 0 Å². The minimum atomic E-state index is 0.294. The lowest BCUT2D eigenvalue weighted by molar-refractivity contribution is 0.207. The van der Waals surface area contributed by atoms with E-state index in [9.17, 15) is 5.11 Å². The van der Waals surface area contributed by atoms with Crippen molar-refractivity contribution >= 4 is 5.69 Å². The molecule has 2 nitrogen and oxygen atoms in total. The maximum Gasteiger partial charge on any atom is 0.0476 e. The van der Waals surface area contributed by atoms with E-state index in [1.807, 2.05) is 0 Å². The first-order chi connectivity index (χ1) is 9.31. The molecule has 1 saturated carbocycles. The highest BCUT2D eigenvalue weighted by molar-refractivity contribution is 5.60. The van der Waals surface area contributed by atoms with Gasteiger partial charge in [0.15, 0.2) is 0 Å². The molecule has 0 spiro atoms. The Balaban J connectivity index is 1.90. The zero-order chi connectivity index (χ0) is 13.2. The third-order valence-electron chi connectivity index (χ3n) is 4.97. The predicted octanol–water partition coefficient (Wildman–Crippen LogP) is 3.38. The summed E-state index contributed by atoms with van der Waals surface area (Å²) in [5, 5.41) is 9.56. The first kappa shape index (κ1) is 13.0. The topological polar surface area (TPSA) is 23.5 Å². The number of fused-ring (bicyclic) bond motifs is 1. The van der Waals surface area contributed by atoms with Gasteiger partial charge in [0, 0.05) is 24.4 Å². The zero-order valence-electron chi connectivity index (χ0n) is 11.9. The summed E-state index contributed by atoms with van der Waals surface area (Å²) >= 11 is 0. The van der Waals surface area contributed by atoms with E-state index in [1.54, 1.807) is 0 Å². The van der Waals surface area contributed by atoms with E-state index < -0.39 is 0 Å². The predicted molar refractivity (Wildman–Crippen MR) is 79.5 cm³/mol. The second-order valence-corrected chi connectivity index (χ2v) is 6.26. The van der Waals surface area contributed by atoms with Gasteiger partial charge >= 0.3 is 0 Å². The van der Waals surface area contributed by atoms with Crippen molar-refractivity contribution in [2.24, 2.45) is 5.92 Å². The van der Waals surface area contributed by atoms with Gasteiger partial charge in [0.2, 0.25) is 0 Å². The summed E-state index contributed by atoms with van der Waals surface area (Å²) in [6.45, 7) is 2.48. The second-order valence-electron chi connectivity index (χ2n) is 6.26. The standard InChI is InChI=1S/C17H25NO/c1-13(12-19)17-11-14-7-5-6-10-16(14)18(17)15-8-3-2-4-9-15/h5-7,10,13,15,17,19H,2-4,8-9,11-12H2,1H3. The summed E-state index contributed by atoms with van der Waals surface area (Å²) in [6, 6.07) is 10.0. The Morgan fingerprint density at radius 1 is 1.21 bits per heavy atom. The molecule has 0 saturated heterocycles. The highest BCUT2D eigenvalue weighted by Gasteiger charge is 2.36. The number of anilines is 1. The average Bonchev–Trinajstić information content (AvgIpc) is 2.86. The molecule has 1 aliphatic heterocycles. The van der Waals surface area contributed by atoms with Crippen molar-refractivity contribution in [2.45, 2.75) is 57.5 Å². The van der Waals surface area contributed by atoms with Gasteiger partial charge in [0.05, 0.1) is 0 Å². The summed E-state index contributed by atoms with van der Waals surface area (Å²) < 4.78 is 0. The Bertz CT molecular complexity index is 425. The van der Waals surface area contributed by atoms with Crippen LogP contribution < -0.4 is 4.90 Å². The van der Waals surface area contributed by atoms with Crippen molar-refractivity contribution in [1.82, 2.24) is 0 Å². The van der Waals surface area contributed by atoms with Crippen LogP contribution in [0.1, 0.15) is 44.6 Å². The fraction of sp³-hybridized carbons (Fsp3) is 0.647. The van der Waals surface area contributed by atoms with Crippen LogP contribution in [0.5, 0.6) is 0 Å². The monoisotopic (exact) mass is 259 g/mol. The third-order valence-corrected chi connectivity index (χ3v) is 4.97. The Labute approximate surface area is 116 Å². The van der Waals surface area contributed by atoms with E-state index in [1.165, 1.54) is 43.4 Å². The summed E-state index contributed by atoms with van der Waals surface area (Å²) in [5.41, 5.74) is 2.90. The third kappa shape index (κ3) is 2.38. The Morgan fingerprint density at radius 2 is 1.95 bits per heavy atom. The number of aliphatic hydroxyl groups is 1. The number of hydrogen-bond acceptors (Lipinski definition) is 2. The van der Waals surface area contributed by atoms with E-state index >= 15 is 0 Å². The van der Waals surface area contributed by atoms with Crippen molar-refractivity contribution in [3.63, 3.8) is 0 Å². The summed E-state index contributed by atoms with van der Waals surface area (Å²) in [4.78, 5) is 2.65. The quantitative estimate of drug-likeness (QED) is 0.899. The smallest absolute Gasteiger partial charge is 0.0476 e. The summed E-state index contributed by atoms with van der Waals surface area (Å²) in [6.07, 6.45) is 7.87. The van der Waals surface area contributed by atoms with E-state index in [4.69, 9.17) is 0 Å². The molecule has 1 N–H and O–H groups in total. The molecule has 19 heavy (non-hydrogen) atoms. The molecule has 2 aliphatic rings. The van der Waals surface area contributed by atoms with E-state index in [2.05, 4.69) is 36.1 Å². The maximum absolute atomic E-state index is 9.56. The van der Waals surface area contributed by atoms with Crippen LogP contribution in [-0.4, -0.2) is 23.8 Å². The van der Waals surface area contributed by atoms with Crippen molar-refractivity contribution < 1.29 is 5.11 Å². The summed E-state index contributed by atoms with van der Waals surface area (Å²) in [7, 11) is 0. The molecule has 2 unspecified atom stereocenters. The number of nitrogens with zero attached hydrogens (tertiary/aromatic N) is 1. The van der Waals surface area contributed by atoms with Gasteiger partial charge in [0.1, 0.15) is 0 Å². The first-order valence-corrected chi connectivity index (χ1v) is 7.78. The number of para-hydroxylation sites is 1. The lowest BCUT2D eigenvalue weighted by Gasteiger charge is -2.40. The minimum absolute atomic E-state index is 0.294. The van der Waals surface area contributed by atoms with E-state index in [0.29, 0.717) is 24.6 Å². The molecule has 1 aliphatic carbocycles. The van der Waals surface area contributed by atoms with Crippen LogP contribution in [0.3, 0.4) is 0 Å². The molecule has 0 radical (unpaired) electrons. The number of rotatable bonds is 3. The molecule has 1 fully saturated rings. The molecule has 0 aromatic heterocycles. The fourth-order valence-corrected chi connectivity index (χ4v) is 3.86. The normalized spacial score (nSPS) is 25.4. The number of benzene rings is 1. The van der Waals surface area contributed by atoms with Gasteiger partial charge in [-0.05, 0) is 36.8 Å². The van der Waals surface area contributed by atoms with Crippen molar-refractivity contribution in [3.8, 4) is 0 Å². The van der Waals surface area contributed by atoms with Gasteiger partial charge in [0.25, 0.3) is 0 Å². The van der Waals surface area contributed by atoms with E-state index in [0.717, 1.165) is 6.42 Å². The van der Waals surface area contributed by atoms with E-state index in [-0.39, 0.29) is 0 Å². The molecule has 1 aromatic rings. The average molecular weight is 259 g/mol. The van der Waals surface area contributed by atoms with Crippen LogP contribution in [0.4, 0.5) is 5.69 Å². The van der Waals surface area contributed by atoms with Gasteiger partial charge in [-0.2, -0.15) is 0 Å². The Morgan fingerprint density at radius 3 is 2.68 bits per heavy atom. The van der Waals surface area contributed by atoms with Gasteiger partial charge < -0.3 is 10.0 Å². The molecular formula is C17H25NO. The van der Waals surface area contributed by atoms with Crippen LogP contribution >= 0.6 is 0 Å². The molecule has 104 valence electrons. The van der Waals surface area contributed by atoms with Crippen LogP contribution in [0.25, 0.3) is 0 Å². The van der Waals surface area contributed by atoms with Crippen LogP contribution in [0.15, 0.2) is 24.3 Å². The second kappa shape index (κ2) is 5.54. The fourth-order valence-electron chi connectivity index (χ4n) is 3.86. The summed E-state index contributed by atoms with van der Waals surface area (Å²) in [5.74, 6) is 0.356. The molecule has 2 atom stereocenters. The Hall–Kier alpha value is -1.02. The van der Waals surface area contributed by atoms with Gasteiger partial charge in [-0.3, -0.25) is 0 Å². The number of aliphatic hydroxyl groups excluding tert-OH is 1. The zero-order valence-corrected chi connectivity index (χ0v) is 11.9. The molecule has 1 heterocycles. The maximum atomic E-state index is 9.56. The molecular weight excluding hydrogens is 234 g/mol. The highest BCUT2D eigenvalue weighted by atomic mass is 16.3. The largest absolute Gasteiger partial charge is 0.396 e. The van der Waals surface area contributed by atoms with Crippen LogP contribution in [0, 0.1) is 5.92 Å². The van der Waals surface area contributed by atoms with Crippen molar-refractivity contribution in [3.05, 3.63) is 29.8 Å². The van der Waals surface area contributed by atoms with Crippen LogP contribution in [0.2, 0.25) is 0 Å². The minimum Gasteiger partial charge on any atom is -0.396 e.